The van der Waals surface area contributed by atoms with Crippen LogP contribution in [0.2, 0.25) is 0 Å². The van der Waals surface area contributed by atoms with Crippen molar-refractivity contribution in [3.8, 4) is 0 Å². The first kappa shape index (κ1) is 14.4. The molecular weight excluding hydrogens is 257 g/mol. The van der Waals surface area contributed by atoms with Gasteiger partial charge in [-0.2, -0.15) is 0 Å². The van der Waals surface area contributed by atoms with E-state index in [4.69, 9.17) is 9.31 Å². The molecule has 0 unspecified atom stereocenters. The van der Waals surface area contributed by atoms with Gasteiger partial charge in [-0.05, 0) is 37.0 Å². The number of aliphatic hydroxyl groups is 1. The van der Waals surface area contributed by atoms with Gasteiger partial charge in [0, 0.05) is 6.92 Å². The van der Waals surface area contributed by atoms with Crippen molar-refractivity contribution in [1.82, 2.24) is 5.32 Å². The van der Waals surface area contributed by atoms with Crippen LogP contribution in [0.4, 0.5) is 0 Å². The van der Waals surface area contributed by atoms with Gasteiger partial charge in [-0.25, -0.2) is 0 Å². The number of nitrogens with one attached hydrogen (secondary N) is 1. The van der Waals surface area contributed by atoms with Crippen LogP contribution >= 0.6 is 0 Å². The first-order valence-corrected chi connectivity index (χ1v) is 7.50. The van der Waals surface area contributed by atoms with E-state index in [2.05, 4.69) is 26.1 Å². The molecule has 0 aromatic rings. The lowest BCUT2D eigenvalue weighted by molar-refractivity contribution is -0.199. The molecule has 5 atom stereocenters. The standard InChI is InChI=1S/C14H24BNO4/c1-8(18)16-12(7-17)15-19-11-6-9-5-10(13(9,2)3)14(11,4)20-15/h9-12,17H,5-7H2,1-4H3,(H,16,18)/t9-,10-,11+,12-,14-/m0/s1. The van der Waals surface area contributed by atoms with Gasteiger partial charge in [-0.1, -0.05) is 13.8 Å². The normalized spacial score (nSPS) is 42.6. The third-order valence-electron chi connectivity index (χ3n) is 5.88. The molecule has 2 N–H and O–H groups in total. The van der Waals surface area contributed by atoms with E-state index in [1.807, 2.05) is 0 Å². The summed E-state index contributed by atoms with van der Waals surface area (Å²) in [6.45, 7) is 8.00. The Labute approximate surface area is 120 Å². The van der Waals surface area contributed by atoms with Gasteiger partial charge in [-0.3, -0.25) is 4.79 Å². The van der Waals surface area contributed by atoms with Crippen LogP contribution in [0.3, 0.4) is 0 Å². The Morgan fingerprint density at radius 2 is 2.15 bits per heavy atom. The molecule has 4 fully saturated rings. The smallest absolute Gasteiger partial charge is 0.404 e. The summed E-state index contributed by atoms with van der Waals surface area (Å²) in [4.78, 5) is 11.2. The second kappa shape index (κ2) is 4.45. The highest BCUT2D eigenvalue weighted by molar-refractivity contribution is 6.48. The Morgan fingerprint density at radius 1 is 1.45 bits per heavy atom. The first-order valence-electron chi connectivity index (χ1n) is 7.50. The monoisotopic (exact) mass is 281 g/mol. The molecule has 0 radical (unpaired) electrons. The predicted octanol–water partition coefficient (Wildman–Crippen LogP) is 0.751. The summed E-state index contributed by atoms with van der Waals surface area (Å²) >= 11 is 0. The third-order valence-corrected chi connectivity index (χ3v) is 5.88. The molecule has 0 aromatic carbocycles. The van der Waals surface area contributed by atoms with Gasteiger partial charge in [0.15, 0.2) is 0 Å². The zero-order chi connectivity index (χ0) is 14.7. The highest BCUT2D eigenvalue weighted by Gasteiger charge is 2.68. The molecule has 5 nitrogen and oxygen atoms in total. The van der Waals surface area contributed by atoms with E-state index in [-0.39, 0.29) is 24.2 Å². The van der Waals surface area contributed by atoms with Crippen LogP contribution in [0.15, 0.2) is 0 Å². The van der Waals surface area contributed by atoms with Crippen LogP contribution in [-0.4, -0.2) is 42.4 Å². The van der Waals surface area contributed by atoms with Crippen molar-refractivity contribution in [3.05, 3.63) is 0 Å². The molecule has 1 amide bonds. The van der Waals surface area contributed by atoms with Crippen LogP contribution in [0.5, 0.6) is 0 Å². The van der Waals surface area contributed by atoms with E-state index in [1.54, 1.807) is 0 Å². The lowest BCUT2D eigenvalue weighted by Gasteiger charge is -2.64. The van der Waals surface area contributed by atoms with Crippen LogP contribution in [0, 0.1) is 17.3 Å². The minimum Gasteiger partial charge on any atom is -0.404 e. The molecule has 112 valence electrons. The van der Waals surface area contributed by atoms with Gasteiger partial charge in [0.05, 0.1) is 24.3 Å². The Kier molecular flexibility index (Phi) is 3.20. The predicted molar refractivity (Wildman–Crippen MR) is 74.8 cm³/mol. The number of hydrogen-bond donors (Lipinski definition) is 2. The lowest BCUT2D eigenvalue weighted by atomic mass is 9.43. The summed E-state index contributed by atoms with van der Waals surface area (Å²) in [5, 5.41) is 12.2. The third kappa shape index (κ3) is 1.85. The van der Waals surface area contributed by atoms with Crippen molar-refractivity contribution >= 4 is 13.0 Å². The Hall–Kier alpha value is -0.585. The zero-order valence-electron chi connectivity index (χ0n) is 12.7. The molecule has 1 aliphatic heterocycles. The lowest BCUT2D eigenvalue weighted by Crippen LogP contribution is -2.65. The van der Waals surface area contributed by atoms with E-state index in [1.165, 1.54) is 13.3 Å². The Morgan fingerprint density at radius 3 is 2.70 bits per heavy atom. The van der Waals surface area contributed by atoms with E-state index in [9.17, 15) is 9.90 Å². The van der Waals surface area contributed by atoms with Crippen molar-refractivity contribution in [2.24, 2.45) is 17.3 Å². The zero-order valence-corrected chi connectivity index (χ0v) is 12.7. The number of rotatable bonds is 3. The fraction of sp³-hybridized carbons (Fsp3) is 0.929. The van der Waals surface area contributed by atoms with E-state index in [0.717, 1.165) is 6.42 Å². The van der Waals surface area contributed by atoms with Gasteiger partial charge < -0.3 is 19.7 Å². The van der Waals surface area contributed by atoms with E-state index >= 15 is 0 Å². The number of aliphatic hydroxyl groups excluding tert-OH is 1. The van der Waals surface area contributed by atoms with Gasteiger partial charge in [0.1, 0.15) is 0 Å². The van der Waals surface area contributed by atoms with Crippen molar-refractivity contribution in [2.75, 3.05) is 6.61 Å². The molecule has 0 aromatic heterocycles. The van der Waals surface area contributed by atoms with Crippen molar-refractivity contribution in [1.29, 1.82) is 0 Å². The Balaban J connectivity index is 1.77. The SMILES string of the molecule is CC(=O)N[C@@H](CO)B1O[C@@H]2C[C@@H]3C[C@@H](C3(C)C)[C@]2(C)O1. The fourth-order valence-electron chi connectivity index (χ4n) is 4.53. The average molecular weight is 281 g/mol. The van der Waals surface area contributed by atoms with Gasteiger partial charge in [-0.15, -0.1) is 0 Å². The number of amides is 1. The molecule has 1 heterocycles. The second-order valence-corrected chi connectivity index (χ2v) is 7.33. The minimum absolute atomic E-state index is 0.0760. The molecule has 3 aliphatic carbocycles. The maximum absolute atomic E-state index is 11.2. The molecule has 4 rings (SSSR count). The molecule has 3 saturated carbocycles. The summed E-state index contributed by atoms with van der Waals surface area (Å²) in [5.74, 6) is 0.512. The topological polar surface area (TPSA) is 67.8 Å². The Bertz CT molecular complexity index is 429. The van der Waals surface area contributed by atoms with Crippen LogP contribution in [0.1, 0.15) is 40.5 Å². The highest BCUT2D eigenvalue weighted by atomic mass is 16.7. The van der Waals surface area contributed by atoms with Crippen LogP contribution in [0.25, 0.3) is 0 Å². The van der Waals surface area contributed by atoms with Crippen molar-refractivity contribution in [2.45, 2.75) is 58.2 Å². The first-order chi connectivity index (χ1) is 9.29. The molecular formula is C14H24BNO4. The number of carbonyl (C=O) groups excluding carboxylic acids is 1. The van der Waals surface area contributed by atoms with Gasteiger partial charge in [0.2, 0.25) is 5.91 Å². The summed E-state index contributed by atoms with van der Waals surface area (Å²) in [6, 6.07) is 0. The molecule has 2 bridgehead atoms. The maximum Gasteiger partial charge on any atom is 0.484 e. The van der Waals surface area contributed by atoms with Crippen LogP contribution < -0.4 is 5.32 Å². The molecule has 20 heavy (non-hydrogen) atoms. The van der Waals surface area contributed by atoms with Crippen molar-refractivity contribution in [3.63, 3.8) is 0 Å². The molecule has 0 spiro atoms. The van der Waals surface area contributed by atoms with E-state index < -0.39 is 13.1 Å². The molecule has 1 saturated heterocycles. The fourth-order valence-corrected chi connectivity index (χ4v) is 4.53. The average Bonchev–Trinajstić information content (AvgIpc) is 2.71. The maximum atomic E-state index is 11.2. The second-order valence-electron chi connectivity index (χ2n) is 7.33. The van der Waals surface area contributed by atoms with Crippen LogP contribution in [-0.2, 0) is 14.1 Å². The highest BCUT2D eigenvalue weighted by Crippen LogP contribution is 2.65. The quantitative estimate of drug-likeness (QED) is 0.749. The summed E-state index contributed by atoms with van der Waals surface area (Å²) < 4.78 is 12.2. The number of hydrogen-bond acceptors (Lipinski definition) is 4. The molecule has 4 aliphatic rings. The van der Waals surface area contributed by atoms with Gasteiger partial charge >= 0.3 is 7.12 Å². The number of carbonyl (C=O) groups is 1. The summed E-state index contributed by atoms with van der Waals surface area (Å²) in [5.41, 5.74) is 0.00101. The summed E-state index contributed by atoms with van der Waals surface area (Å²) in [6.07, 6.45) is 2.28. The minimum atomic E-state index is -0.547. The van der Waals surface area contributed by atoms with Gasteiger partial charge in [0.25, 0.3) is 0 Å². The van der Waals surface area contributed by atoms with Crippen molar-refractivity contribution < 1.29 is 19.2 Å². The largest absolute Gasteiger partial charge is 0.484 e. The summed E-state index contributed by atoms with van der Waals surface area (Å²) in [7, 11) is -0.547. The molecule has 6 heteroatoms. The van der Waals surface area contributed by atoms with E-state index in [0.29, 0.717) is 17.3 Å².